The molecule has 1 aliphatic rings. The van der Waals surface area contributed by atoms with Crippen LogP contribution in [0.3, 0.4) is 0 Å². The van der Waals surface area contributed by atoms with Gasteiger partial charge < -0.3 is 10.2 Å². The monoisotopic (exact) mass is 394 g/mol. The summed E-state index contributed by atoms with van der Waals surface area (Å²) in [5, 5.41) is 2.50. The zero-order valence-electron chi connectivity index (χ0n) is 14.8. The molecular weight excluding hydrogens is 374 g/mol. The highest BCUT2D eigenvalue weighted by atomic mass is 32.2. The Bertz CT molecular complexity index is 949. The van der Waals surface area contributed by atoms with Crippen molar-refractivity contribution in [3.8, 4) is 11.1 Å². The van der Waals surface area contributed by atoms with Crippen LogP contribution in [-0.2, 0) is 9.84 Å². The minimum Gasteiger partial charge on any atom is -0.323 e. The molecule has 5 nitrogen and oxygen atoms in total. The van der Waals surface area contributed by atoms with Gasteiger partial charge in [0.25, 0.3) is 0 Å². The van der Waals surface area contributed by atoms with Crippen molar-refractivity contribution in [1.82, 2.24) is 4.90 Å². The number of carbonyl (C=O) groups is 1. The second-order valence-electron chi connectivity index (χ2n) is 6.77. The zero-order valence-corrected chi connectivity index (χ0v) is 15.6. The lowest BCUT2D eigenvalue weighted by Crippen LogP contribution is -2.38. The summed E-state index contributed by atoms with van der Waals surface area (Å²) in [4.78, 5) is 14.0. The molecule has 2 aromatic carbocycles. The van der Waals surface area contributed by atoms with Crippen molar-refractivity contribution in [3.63, 3.8) is 0 Å². The summed E-state index contributed by atoms with van der Waals surface area (Å²) in [6.45, 7) is 2.02. The van der Waals surface area contributed by atoms with E-state index in [0.717, 1.165) is 6.07 Å². The van der Waals surface area contributed by atoms with Gasteiger partial charge >= 0.3 is 6.03 Å². The van der Waals surface area contributed by atoms with Crippen LogP contribution in [0.2, 0.25) is 0 Å². The van der Waals surface area contributed by atoms with Crippen LogP contribution in [0.1, 0.15) is 6.92 Å². The molecule has 1 aliphatic heterocycles. The SMILES string of the molecule is CC1CN(C(=O)Nc2c(F)cc(F)cc2-c2ccccc2)CCS(=O)(=O)C1. The molecule has 27 heavy (non-hydrogen) atoms. The van der Waals surface area contributed by atoms with Crippen LogP contribution < -0.4 is 5.32 Å². The first-order valence-electron chi connectivity index (χ1n) is 8.56. The van der Waals surface area contributed by atoms with Crippen molar-refractivity contribution in [2.45, 2.75) is 6.92 Å². The van der Waals surface area contributed by atoms with Crippen molar-refractivity contribution in [1.29, 1.82) is 0 Å². The first kappa shape index (κ1) is 19.3. The van der Waals surface area contributed by atoms with Gasteiger partial charge in [-0.05, 0) is 17.5 Å². The van der Waals surface area contributed by atoms with Crippen LogP contribution in [0.15, 0.2) is 42.5 Å². The summed E-state index contributed by atoms with van der Waals surface area (Å²) >= 11 is 0. The lowest BCUT2D eigenvalue weighted by molar-refractivity contribution is 0.209. The Labute approximate surface area is 156 Å². The smallest absolute Gasteiger partial charge is 0.321 e. The molecule has 144 valence electrons. The fraction of sp³-hybridized carbons (Fsp3) is 0.316. The molecule has 1 N–H and O–H groups in total. The molecule has 2 aromatic rings. The van der Waals surface area contributed by atoms with Crippen molar-refractivity contribution < 1.29 is 22.0 Å². The topological polar surface area (TPSA) is 66.5 Å². The molecular formula is C19H20F2N2O3S. The van der Waals surface area contributed by atoms with Crippen molar-refractivity contribution in [3.05, 3.63) is 54.1 Å². The quantitative estimate of drug-likeness (QED) is 0.847. The van der Waals surface area contributed by atoms with Crippen molar-refractivity contribution in [2.24, 2.45) is 5.92 Å². The van der Waals surface area contributed by atoms with E-state index < -0.39 is 27.5 Å². The van der Waals surface area contributed by atoms with Crippen LogP contribution in [0.4, 0.5) is 19.3 Å². The van der Waals surface area contributed by atoms with Crippen LogP contribution in [0.5, 0.6) is 0 Å². The summed E-state index contributed by atoms with van der Waals surface area (Å²) in [5.41, 5.74) is 0.641. The third-order valence-corrected chi connectivity index (χ3v) is 6.28. The average Bonchev–Trinajstić information content (AvgIpc) is 2.74. The number of hydrogen-bond acceptors (Lipinski definition) is 3. The van der Waals surface area contributed by atoms with Crippen LogP contribution in [-0.4, -0.2) is 43.9 Å². The molecule has 8 heteroatoms. The number of anilines is 1. The maximum Gasteiger partial charge on any atom is 0.321 e. The molecule has 0 radical (unpaired) electrons. The Balaban J connectivity index is 1.90. The molecule has 0 spiro atoms. The number of carbonyl (C=O) groups excluding carboxylic acids is 1. The molecule has 0 saturated carbocycles. The van der Waals surface area contributed by atoms with E-state index in [1.54, 1.807) is 37.3 Å². The Kier molecular flexibility index (Phi) is 5.46. The van der Waals surface area contributed by atoms with Crippen molar-refractivity contribution >= 4 is 21.6 Å². The van der Waals surface area contributed by atoms with Gasteiger partial charge in [0.2, 0.25) is 0 Å². The number of urea groups is 1. The van der Waals surface area contributed by atoms with Gasteiger partial charge in [0, 0.05) is 24.7 Å². The number of halogens is 2. The zero-order chi connectivity index (χ0) is 19.6. The first-order valence-corrected chi connectivity index (χ1v) is 10.4. The second-order valence-corrected chi connectivity index (χ2v) is 9.00. The molecule has 1 atom stereocenters. The summed E-state index contributed by atoms with van der Waals surface area (Å²) in [5.74, 6) is -1.99. The molecule has 1 unspecified atom stereocenters. The normalized spacial score (nSPS) is 19.4. The number of rotatable bonds is 2. The fourth-order valence-corrected chi connectivity index (χ4v) is 4.84. The molecule has 1 heterocycles. The standard InChI is InChI=1S/C19H20F2N2O3S/c1-13-11-23(7-8-27(25,26)12-13)19(24)22-18-16(9-15(20)10-17(18)21)14-5-3-2-4-6-14/h2-6,9-10,13H,7-8,11-12H2,1H3,(H,22,24). The minimum absolute atomic E-state index is 0.0109. The van der Waals surface area contributed by atoms with E-state index >= 15 is 0 Å². The number of hydrogen-bond donors (Lipinski definition) is 1. The Morgan fingerprint density at radius 2 is 1.89 bits per heavy atom. The third kappa shape index (κ3) is 4.63. The van der Waals surface area contributed by atoms with Gasteiger partial charge in [-0.15, -0.1) is 0 Å². The summed E-state index contributed by atoms with van der Waals surface area (Å²) in [6, 6.07) is 9.85. The van der Waals surface area contributed by atoms with Gasteiger partial charge in [0.05, 0.1) is 17.2 Å². The van der Waals surface area contributed by atoms with Gasteiger partial charge in [-0.1, -0.05) is 37.3 Å². The Morgan fingerprint density at radius 3 is 2.59 bits per heavy atom. The van der Waals surface area contributed by atoms with E-state index in [9.17, 15) is 22.0 Å². The van der Waals surface area contributed by atoms with Crippen LogP contribution >= 0.6 is 0 Å². The van der Waals surface area contributed by atoms with Gasteiger partial charge in [-0.2, -0.15) is 0 Å². The maximum atomic E-state index is 14.4. The van der Waals surface area contributed by atoms with E-state index in [1.807, 2.05) is 0 Å². The number of nitrogens with one attached hydrogen (secondary N) is 1. The Hall–Kier alpha value is -2.48. The molecule has 0 bridgehead atoms. The molecule has 0 aromatic heterocycles. The number of benzene rings is 2. The predicted octanol–water partition coefficient (Wildman–Crippen LogP) is 3.53. The molecule has 2 amide bonds. The van der Waals surface area contributed by atoms with Gasteiger partial charge in [-0.3, -0.25) is 0 Å². The van der Waals surface area contributed by atoms with Crippen LogP contribution in [0.25, 0.3) is 11.1 Å². The largest absolute Gasteiger partial charge is 0.323 e. The van der Waals surface area contributed by atoms with Crippen molar-refractivity contribution in [2.75, 3.05) is 29.9 Å². The van der Waals surface area contributed by atoms with Crippen LogP contribution in [0, 0.1) is 17.6 Å². The fourth-order valence-electron chi connectivity index (χ4n) is 3.20. The summed E-state index contributed by atoms with van der Waals surface area (Å²) < 4.78 is 51.9. The van der Waals surface area contributed by atoms with Gasteiger partial charge in [-0.25, -0.2) is 22.0 Å². The lowest BCUT2D eigenvalue weighted by atomic mass is 10.0. The highest BCUT2D eigenvalue weighted by Gasteiger charge is 2.28. The Morgan fingerprint density at radius 1 is 1.19 bits per heavy atom. The third-order valence-electron chi connectivity index (χ3n) is 4.40. The average molecular weight is 394 g/mol. The lowest BCUT2D eigenvalue weighted by Gasteiger charge is -2.23. The maximum absolute atomic E-state index is 14.4. The molecule has 3 rings (SSSR count). The number of amides is 2. The highest BCUT2D eigenvalue weighted by Crippen LogP contribution is 2.31. The summed E-state index contributed by atoms with van der Waals surface area (Å²) in [7, 11) is -3.22. The van der Waals surface area contributed by atoms with E-state index in [1.165, 1.54) is 4.90 Å². The number of nitrogens with zero attached hydrogens (tertiary/aromatic N) is 1. The highest BCUT2D eigenvalue weighted by molar-refractivity contribution is 7.91. The van der Waals surface area contributed by atoms with E-state index in [4.69, 9.17) is 0 Å². The van der Waals surface area contributed by atoms with E-state index in [0.29, 0.717) is 11.6 Å². The predicted molar refractivity (Wildman–Crippen MR) is 100 cm³/mol. The first-order chi connectivity index (χ1) is 12.7. The second kappa shape index (κ2) is 7.64. The molecule has 1 fully saturated rings. The summed E-state index contributed by atoms with van der Waals surface area (Å²) in [6.07, 6.45) is 0. The minimum atomic E-state index is -3.22. The van der Waals surface area contributed by atoms with Gasteiger partial charge in [0.1, 0.15) is 11.6 Å². The number of sulfone groups is 1. The van der Waals surface area contributed by atoms with E-state index in [-0.39, 0.29) is 41.8 Å². The van der Waals surface area contributed by atoms with E-state index in [2.05, 4.69) is 5.32 Å². The molecule has 1 saturated heterocycles. The van der Waals surface area contributed by atoms with Gasteiger partial charge in [0.15, 0.2) is 9.84 Å². The molecule has 0 aliphatic carbocycles.